The minimum absolute atomic E-state index is 0.0559. The lowest BCUT2D eigenvalue weighted by Crippen LogP contribution is -2.43. The van der Waals surface area contributed by atoms with Gasteiger partial charge in [0.2, 0.25) is 5.91 Å². The number of hydrogen-bond acceptors (Lipinski definition) is 6. The third-order valence-corrected chi connectivity index (χ3v) is 6.84. The Bertz CT molecular complexity index is 1190. The first-order valence-electron chi connectivity index (χ1n) is 9.55. The van der Waals surface area contributed by atoms with Gasteiger partial charge in [0.05, 0.1) is 17.2 Å². The minimum atomic E-state index is -3.17. The summed E-state index contributed by atoms with van der Waals surface area (Å²) in [6, 6.07) is 17.7. The smallest absolute Gasteiger partial charge is 0.333 e. The Hall–Kier alpha value is -3.27. The molecule has 0 saturated carbocycles. The van der Waals surface area contributed by atoms with E-state index in [1.165, 1.54) is 4.90 Å². The van der Waals surface area contributed by atoms with Gasteiger partial charge in [0.1, 0.15) is 6.54 Å². The largest absolute Gasteiger partial charge is 0.368 e. The summed E-state index contributed by atoms with van der Waals surface area (Å²) < 4.78 is 26.1. The zero-order chi connectivity index (χ0) is 21.1. The van der Waals surface area contributed by atoms with Crippen LogP contribution in [-0.2, 0) is 27.7 Å². The Labute approximate surface area is 173 Å². The fourth-order valence-electron chi connectivity index (χ4n) is 3.55. The highest BCUT2D eigenvalue weighted by atomic mass is 32.2. The van der Waals surface area contributed by atoms with Gasteiger partial charge in [0.15, 0.2) is 9.84 Å². The van der Waals surface area contributed by atoms with Crippen molar-refractivity contribution in [1.29, 1.82) is 0 Å². The zero-order valence-electron chi connectivity index (χ0n) is 16.2. The van der Waals surface area contributed by atoms with Crippen LogP contribution < -0.4 is 5.69 Å². The monoisotopic (exact) mass is 427 g/mol. The van der Waals surface area contributed by atoms with Crippen molar-refractivity contribution in [2.24, 2.45) is 0 Å². The molecule has 2 aromatic carbocycles. The molecule has 1 aliphatic rings. The summed E-state index contributed by atoms with van der Waals surface area (Å²) in [5.74, 6) is -0.388. The number of aromatic nitrogens is 4. The fraction of sp³-hybridized carbons (Fsp3) is 0.300. The molecule has 1 fully saturated rings. The summed E-state index contributed by atoms with van der Waals surface area (Å²) in [7, 11) is -3.17. The first kappa shape index (κ1) is 20.0. The van der Waals surface area contributed by atoms with Crippen molar-refractivity contribution in [3.63, 3.8) is 0 Å². The first-order valence-corrected chi connectivity index (χ1v) is 11.4. The lowest BCUT2D eigenvalue weighted by Gasteiger charge is -2.28. The second kappa shape index (κ2) is 8.23. The second-order valence-electron chi connectivity index (χ2n) is 7.23. The molecule has 156 valence electrons. The van der Waals surface area contributed by atoms with Crippen LogP contribution in [0, 0.1) is 0 Å². The van der Waals surface area contributed by atoms with Gasteiger partial charge in [-0.2, -0.15) is 9.36 Å². The third kappa shape index (κ3) is 4.33. The van der Waals surface area contributed by atoms with Gasteiger partial charge in [-0.25, -0.2) is 13.2 Å². The van der Waals surface area contributed by atoms with Crippen molar-refractivity contribution in [3.8, 4) is 5.69 Å². The van der Waals surface area contributed by atoms with E-state index in [0.717, 1.165) is 14.9 Å². The van der Waals surface area contributed by atoms with Gasteiger partial charge in [-0.1, -0.05) is 48.5 Å². The lowest BCUT2D eigenvalue weighted by atomic mass is 10.1. The molecule has 1 aliphatic heterocycles. The Morgan fingerprint density at radius 1 is 1.03 bits per heavy atom. The van der Waals surface area contributed by atoms with Crippen molar-refractivity contribution in [2.45, 2.75) is 25.6 Å². The summed E-state index contributed by atoms with van der Waals surface area (Å²) in [4.78, 5) is 27.3. The molecule has 0 aliphatic carbocycles. The highest BCUT2D eigenvalue weighted by Gasteiger charge is 2.35. The molecule has 0 spiro atoms. The van der Waals surface area contributed by atoms with Gasteiger partial charge < -0.3 is 4.90 Å². The van der Waals surface area contributed by atoms with E-state index >= 15 is 0 Å². The van der Waals surface area contributed by atoms with Crippen LogP contribution in [0.1, 0.15) is 12.0 Å². The second-order valence-corrected chi connectivity index (χ2v) is 9.46. The Kier molecular flexibility index (Phi) is 5.49. The van der Waals surface area contributed by atoms with Crippen LogP contribution in [0.5, 0.6) is 0 Å². The van der Waals surface area contributed by atoms with E-state index in [-0.39, 0.29) is 30.5 Å². The molecular formula is C20H21N5O4S. The van der Waals surface area contributed by atoms with Gasteiger partial charge in [-0.15, -0.1) is 0 Å². The summed E-state index contributed by atoms with van der Waals surface area (Å²) in [6.45, 7) is -0.0452. The average Bonchev–Trinajstić information content (AvgIpc) is 3.29. The van der Waals surface area contributed by atoms with Crippen LogP contribution in [0.3, 0.4) is 0 Å². The van der Waals surface area contributed by atoms with E-state index in [1.807, 2.05) is 36.4 Å². The molecule has 1 amide bonds. The number of sulfone groups is 1. The van der Waals surface area contributed by atoms with Crippen molar-refractivity contribution in [2.75, 3.05) is 11.5 Å². The maximum atomic E-state index is 13.1. The molecule has 30 heavy (non-hydrogen) atoms. The molecule has 0 radical (unpaired) electrons. The van der Waals surface area contributed by atoms with Crippen LogP contribution in [0.15, 0.2) is 65.5 Å². The minimum Gasteiger partial charge on any atom is -0.333 e. The summed E-state index contributed by atoms with van der Waals surface area (Å²) in [5.41, 5.74) is 0.896. The van der Waals surface area contributed by atoms with E-state index in [0.29, 0.717) is 12.1 Å². The number of carbonyl (C=O) groups excluding carboxylic acids is 1. The van der Waals surface area contributed by atoms with Crippen LogP contribution in [0.4, 0.5) is 0 Å². The standard InChI is InChI=1S/C20H21N5O4S/c26-19(14-24-20(27)25(22-21-24)17-9-5-2-6-10-17)23(13-16-7-3-1-4-8-16)18-11-12-30(28,29)15-18/h1-10,18H,11-15H2. The number of rotatable bonds is 6. The number of para-hydroxylation sites is 1. The molecule has 4 rings (SSSR count). The van der Waals surface area contributed by atoms with Crippen LogP contribution >= 0.6 is 0 Å². The van der Waals surface area contributed by atoms with Gasteiger partial charge in [0.25, 0.3) is 0 Å². The summed E-state index contributed by atoms with van der Waals surface area (Å²) >= 11 is 0. The number of amides is 1. The average molecular weight is 427 g/mol. The van der Waals surface area contributed by atoms with Gasteiger partial charge >= 0.3 is 5.69 Å². The molecule has 1 unspecified atom stereocenters. The van der Waals surface area contributed by atoms with E-state index in [4.69, 9.17) is 0 Å². The predicted octanol–water partition coefficient (Wildman–Crippen LogP) is 0.645. The maximum Gasteiger partial charge on any atom is 0.368 e. The number of carbonyl (C=O) groups is 1. The van der Waals surface area contributed by atoms with Gasteiger partial charge in [-0.3, -0.25) is 4.79 Å². The van der Waals surface area contributed by atoms with Crippen molar-refractivity contribution < 1.29 is 13.2 Å². The van der Waals surface area contributed by atoms with Crippen LogP contribution in [0.25, 0.3) is 5.69 Å². The lowest BCUT2D eigenvalue weighted by molar-refractivity contribution is -0.134. The van der Waals surface area contributed by atoms with E-state index < -0.39 is 21.6 Å². The van der Waals surface area contributed by atoms with Crippen molar-refractivity contribution in [1.82, 2.24) is 24.7 Å². The normalized spacial score (nSPS) is 17.7. The quantitative estimate of drug-likeness (QED) is 0.572. The van der Waals surface area contributed by atoms with E-state index in [2.05, 4.69) is 10.4 Å². The summed E-state index contributed by atoms with van der Waals surface area (Å²) in [5, 5.41) is 7.68. The number of tetrazole rings is 1. The number of nitrogens with zero attached hydrogens (tertiary/aromatic N) is 5. The van der Waals surface area contributed by atoms with Crippen LogP contribution in [-0.4, -0.2) is 56.6 Å². The summed E-state index contributed by atoms with van der Waals surface area (Å²) in [6.07, 6.45) is 0.381. The third-order valence-electron chi connectivity index (χ3n) is 5.09. The first-order chi connectivity index (χ1) is 14.4. The molecule has 0 N–H and O–H groups in total. The Balaban J connectivity index is 1.58. The maximum absolute atomic E-state index is 13.1. The zero-order valence-corrected chi connectivity index (χ0v) is 17.0. The molecule has 10 heteroatoms. The molecular weight excluding hydrogens is 406 g/mol. The van der Waals surface area contributed by atoms with E-state index in [1.54, 1.807) is 24.3 Å². The van der Waals surface area contributed by atoms with Crippen molar-refractivity contribution in [3.05, 3.63) is 76.7 Å². The molecule has 1 saturated heterocycles. The molecule has 1 atom stereocenters. The molecule has 0 bridgehead atoms. The van der Waals surface area contributed by atoms with E-state index in [9.17, 15) is 18.0 Å². The molecule has 2 heterocycles. The fourth-order valence-corrected chi connectivity index (χ4v) is 5.28. The molecule has 9 nitrogen and oxygen atoms in total. The Morgan fingerprint density at radius 2 is 1.70 bits per heavy atom. The van der Waals surface area contributed by atoms with Crippen molar-refractivity contribution >= 4 is 15.7 Å². The highest BCUT2D eigenvalue weighted by Crippen LogP contribution is 2.20. The Morgan fingerprint density at radius 3 is 2.33 bits per heavy atom. The SMILES string of the molecule is O=C(Cn1nnn(-c2ccccc2)c1=O)N(Cc1ccccc1)C1CCS(=O)(=O)C1. The highest BCUT2D eigenvalue weighted by molar-refractivity contribution is 7.91. The predicted molar refractivity (Wildman–Crippen MR) is 110 cm³/mol. The molecule has 1 aromatic heterocycles. The number of benzene rings is 2. The van der Waals surface area contributed by atoms with Gasteiger partial charge in [0, 0.05) is 12.6 Å². The number of hydrogen-bond donors (Lipinski definition) is 0. The van der Waals surface area contributed by atoms with Crippen LogP contribution in [0.2, 0.25) is 0 Å². The topological polar surface area (TPSA) is 107 Å². The van der Waals surface area contributed by atoms with Gasteiger partial charge in [-0.05, 0) is 34.5 Å². The molecule has 3 aromatic rings.